The first-order valence-corrected chi connectivity index (χ1v) is 10.6. The molecule has 0 saturated carbocycles. The molecule has 0 bridgehead atoms. The van der Waals surface area contributed by atoms with Gasteiger partial charge in [0.1, 0.15) is 18.1 Å². The Kier molecular flexibility index (Phi) is 8.38. The number of hydrogen-bond donors (Lipinski definition) is 1. The lowest BCUT2D eigenvalue weighted by Crippen LogP contribution is -2.16. The van der Waals surface area contributed by atoms with E-state index >= 15 is 0 Å². The topological polar surface area (TPSA) is 56.8 Å². The summed E-state index contributed by atoms with van der Waals surface area (Å²) in [5, 5.41) is 2.91. The van der Waals surface area contributed by atoms with Gasteiger partial charge in [0.05, 0.1) is 12.7 Å². The van der Waals surface area contributed by atoms with E-state index in [9.17, 15) is 4.79 Å². The van der Waals surface area contributed by atoms with Crippen molar-refractivity contribution in [3.8, 4) is 11.5 Å². The number of anilines is 1. The molecule has 0 radical (unpaired) electrons. The van der Waals surface area contributed by atoms with Gasteiger partial charge in [-0.25, -0.2) is 0 Å². The van der Waals surface area contributed by atoms with Gasteiger partial charge in [-0.15, -0.1) is 0 Å². The molecule has 1 aliphatic heterocycles. The molecule has 2 aromatic carbocycles. The van der Waals surface area contributed by atoms with Crippen molar-refractivity contribution in [1.29, 1.82) is 0 Å². The highest BCUT2D eigenvalue weighted by Gasteiger charge is 2.16. The predicted molar refractivity (Wildman–Crippen MR) is 115 cm³/mol. The number of benzene rings is 2. The number of amides is 1. The van der Waals surface area contributed by atoms with Crippen molar-refractivity contribution in [3.05, 3.63) is 54.1 Å². The van der Waals surface area contributed by atoms with Crippen molar-refractivity contribution in [1.82, 2.24) is 0 Å². The van der Waals surface area contributed by atoms with E-state index in [4.69, 9.17) is 14.2 Å². The Labute approximate surface area is 173 Å². The Morgan fingerprint density at radius 2 is 1.72 bits per heavy atom. The van der Waals surface area contributed by atoms with Crippen LogP contribution in [-0.2, 0) is 4.74 Å². The third-order valence-corrected chi connectivity index (χ3v) is 4.96. The van der Waals surface area contributed by atoms with Crippen molar-refractivity contribution in [3.63, 3.8) is 0 Å². The lowest BCUT2D eigenvalue weighted by molar-refractivity contribution is 0.0679. The number of ether oxygens (including phenoxy) is 3. The van der Waals surface area contributed by atoms with E-state index in [1.807, 2.05) is 36.4 Å². The van der Waals surface area contributed by atoms with Crippen LogP contribution in [0.15, 0.2) is 48.5 Å². The van der Waals surface area contributed by atoms with Crippen LogP contribution in [0, 0.1) is 0 Å². The Morgan fingerprint density at radius 1 is 1.00 bits per heavy atom. The zero-order valence-corrected chi connectivity index (χ0v) is 17.2. The Morgan fingerprint density at radius 3 is 2.41 bits per heavy atom. The zero-order chi connectivity index (χ0) is 20.3. The molecule has 0 aromatic heterocycles. The average molecular weight is 398 g/mol. The summed E-state index contributed by atoms with van der Waals surface area (Å²) in [6.07, 6.45) is 7.05. The first kappa shape index (κ1) is 21.2. The molecule has 2 aromatic rings. The van der Waals surface area contributed by atoms with E-state index in [-0.39, 0.29) is 12.0 Å². The fourth-order valence-corrected chi connectivity index (χ4v) is 3.22. The van der Waals surface area contributed by atoms with E-state index in [2.05, 4.69) is 12.2 Å². The molecule has 1 fully saturated rings. The summed E-state index contributed by atoms with van der Waals surface area (Å²) in [7, 11) is 0. The van der Waals surface area contributed by atoms with Gasteiger partial charge in [0, 0.05) is 17.9 Å². The van der Waals surface area contributed by atoms with Crippen molar-refractivity contribution < 1.29 is 19.0 Å². The van der Waals surface area contributed by atoms with E-state index in [0.29, 0.717) is 18.8 Å². The van der Waals surface area contributed by atoms with E-state index in [1.165, 1.54) is 19.3 Å². The second-order valence-electron chi connectivity index (χ2n) is 7.36. The van der Waals surface area contributed by atoms with Crippen LogP contribution in [-0.4, -0.2) is 31.8 Å². The van der Waals surface area contributed by atoms with Gasteiger partial charge in [0.15, 0.2) is 0 Å². The van der Waals surface area contributed by atoms with Crippen LogP contribution in [0.4, 0.5) is 5.69 Å². The molecular weight excluding hydrogens is 366 g/mol. The smallest absolute Gasteiger partial charge is 0.255 e. The third kappa shape index (κ3) is 7.09. The molecule has 156 valence electrons. The first-order valence-electron chi connectivity index (χ1n) is 10.6. The lowest BCUT2D eigenvalue weighted by Gasteiger charge is -2.12. The normalized spacial score (nSPS) is 15.8. The van der Waals surface area contributed by atoms with Crippen molar-refractivity contribution >= 4 is 11.6 Å². The molecule has 5 nitrogen and oxygen atoms in total. The second-order valence-corrected chi connectivity index (χ2v) is 7.36. The van der Waals surface area contributed by atoms with E-state index < -0.39 is 0 Å². The van der Waals surface area contributed by atoms with Crippen LogP contribution in [0.25, 0.3) is 0 Å². The highest BCUT2D eigenvalue weighted by Crippen LogP contribution is 2.20. The SMILES string of the molecule is CCCCCCOc1ccc(C(=O)Nc2ccc(OC[C@@H]3CCCO3)cc2)cc1. The highest BCUT2D eigenvalue weighted by molar-refractivity contribution is 6.04. The largest absolute Gasteiger partial charge is 0.494 e. The summed E-state index contributed by atoms with van der Waals surface area (Å²) >= 11 is 0. The molecular formula is C24H31NO4. The Hall–Kier alpha value is -2.53. The minimum Gasteiger partial charge on any atom is -0.494 e. The van der Waals surface area contributed by atoms with Gasteiger partial charge in [-0.05, 0) is 67.8 Å². The second kappa shape index (κ2) is 11.5. The summed E-state index contributed by atoms with van der Waals surface area (Å²) in [6.45, 7) is 4.30. The summed E-state index contributed by atoms with van der Waals surface area (Å²) < 4.78 is 17.0. The molecule has 0 spiro atoms. The van der Waals surface area contributed by atoms with Crippen LogP contribution in [0.1, 0.15) is 55.8 Å². The van der Waals surface area contributed by atoms with Crippen molar-refractivity contribution in [2.24, 2.45) is 0 Å². The Balaban J connectivity index is 1.43. The van der Waals surface area contributed by atoms with Crippen molar-refractivity contribution in [2.45, 2.75) is 51.6 Å². The van der Waals surface area contributed by atoms with E-state index in [0.717, 1.165) is 43.1 Å². The van der Waals surface area contributed by atoms with Gasteiger partial charge in [-0.2, -0.15) is 0 Å². The molecule has 1 aliphatic rings. The van der Waals surface area contributed by atoms with E-state index in [1.54, 1.807) is 12.1 Å². The molecule has 1 amide bonds. The number of hydrogen-bond acceptors (Lipinski definition) is 4. The number of carbonyl (C=O) groups is 1. The standard InChI is InChI=1S/C24H31NO4/c1-2-3-4-5-16-27-21-12-8-19(9-13-21)24(26)25-20-10-14-22(15-11-20)29-18-23-7-6-17-28-23/h8-15,23H,2-7,16-18H2,1H3,(H,25,26)/t23-/m0/s1. The maximum Gasteiger partial charge on any atom is 0.255 e. The van der Waals surface area contributed by atoms with Crippen LogP contribution in [0.2, 0.25) is 0 Å². The van der Waals surface area contributed by atoms with Crippen LogP contribution in [0.3, 0.4) is 0 Å². The first-order chi connectivity index (χ1) is 14.2. The van der Waals surface area contributed by atoms with Crippen LogP contribution < -0.4 is 14.8 Å². The summed E-state index contributed by atoms with van der Waals surface area (Å²) in [6, 6.07) is 14.7. The number of unbranched alkanes of at least 4 members (excludes halogenated alkanes) is 3. The fraction of sp³-hybridized carbons (Fsp3) is 0.458. The molecule has 1 atom stereocenters. The van der Waals surface area contributed by atoms with Gasteiger partial charge in [-0.1, -0.05) is 26.2 Å². The molecule has 1 N–H and O–H groups in total. The fourth-order valence-electron chi connectivity index (χ4n) is 3.22. The predicted octanol–water partition coefficient (Wildman–Crippen LogP) is 5.46. The highest BCUT2D eigenvalue weighted by atomic mass is 16.5. The number of nitrogens with one attached hydrogen (secondary N) is 1. The summed E-state index contributed by atoms with van der Waals surface area (Å²) in [4.78, 5) is 12.4. The van der Waals surface area contributed by atoms with Gasteiger partial charge < -0.3 is 19.5 Å². The quantitative estimate of drug-likeness (QED) is 0.512. The lowest BCUT2D eigenvalue weighted by atomic mass is 10.2. The van der Waals surface area contributed by atoms with Gasteiger partial charge in [0.2, 0.25) is 0 Å². The molecule has 5 heteroatoms. The maximum absolute atomic E-state index is 12.4. The van der Waals surface area contributed by atoms with Crippen LogP contribution in [0.5, 0.6) is 11.5 Å². The molecule has 1 heterocycles. The molecule has 29 heavy (non-hydrogen) atoms. The monoisotopic (exact) mass is 397 g/mol. The van der Waals surface area contributed by atoms with Gasteiger partial charge in [0.25, 0.3) is 5.91 Å². The summed E-state index contributed by atoms with van der Waals surface area (Å²) in [5.74, 6) is 1.43. The molecule has 1 saturated heterocycles. The van der Waals surface area contributed by atoms with Crippen LogP contribution >= 0.6 is 0 Å². The Bertz CT molecular complexity index is 736. The zero-order valence-electron chi connectivity index (χ0n) is 17.2. The minimum absolute atomic E-state index is 0.146. The molecule has 3 rings (SSSR count). The maximum atomic E-state index is 12.4. The molecule has 0 unspecified atom stereocenters. The third-order valence-electron chi connectivity index (χ3n) is 4.96. The minimum atomic E-state index is -0.146. The van der Waals surface area contributed by atoms with Gasteiger partial charge >= 0.3 is 0 Å². The average Bonchev–Trinajstić information content (AvgIpc) is 3.27. The summed E-state index contributed by atoms with van der Waals surface area (Å²) in [5.41, 5.74) is 1.33. The van der Waals surface area contributed by atoms with Crippen molar-refractivity contribution in [2.75, 3.05) is 25.1 Å². The molecule has 0 aliphatic carbocycles. The number of rotatable bonds is 11. The number of carbonyl (C=O) groups excluding carboxylic acids is 1. The van der Waals surface area contributed by atoms with Gasteiger partial charge in [-0.3, -0.25) is 4.79 Å².